The molecule has 154 valence electrons. The maximum Gasteiger partial charge on any atom is 0.198 e. The standard InChI is InChI=1S/C24H26ClFO3/c1-12-10-13(2)19(14(3)18(12)16-9-8-15(25)11-17(16)26)20-21(27)23(4,5)29-24(6,7)22(20)28/h8-11,27H,1-7H3. The predicted molar refractivity (Wildman–Crippen MR) is 115 cm³/mol. The first kappa shape index (κ1) is 21.5. The SMILES string of the molecule is Cc1cc(C)c(-c2ccc(Cl)cc2F)c(C)c1C1=C(O)C(C)(C)OC(C)(C)C1=O. The Morgan fingerprint density at radius 3 is 2.14 bits per heavy atom. The Kier molecular flexibility index (Phi) is 5.17. The van der Waals surface area contributed by atoms with E-state index in [4.69, 9.17) is 16.3 Å². The lowest BCUT2D eigenvalue weighted by molar-refractivity contribution is -0.158. The summed E-state index contributed by atoms with van der Waals surface area (Å²) in [5.74, 6) is -0.845. The fourth-order valence-corrected chi connectivity index (χ4v) is 4.51. The number of aliphatic hydroxyl groups excluding tert-OH is 1. The zero-order chi connectivity index (χ0) is 21.9. The fraction of sp³-hybridized carbons (Fsp3) is 0.375. The number of rotatable bonds is 2. The molecule has 0 bridgehead atoms. The van der Waals surface area contributed by atoms with Crippen LogP contribution in [-0.4, -0.2) is 22.1 Å². The largest absolute Gasteiger partial charge is 0.508 e. The molecule has 0 saturated carbocycles. The van der Waals surface area contributed by atoms with Crippen LogP contribution in [0, 0.1) is 26.6 Å². The molecule has 5 heteroatoms. The molecule has 0 amide bonds. The molecule has 1 N–H and O–H groups in total. The topological polar surface area (TPSA) is 46.5 Å². The van der Waals surface area contributed by atoms with Gasteiger partial charge in [-0.2, -0.15) is 0 Å². The summed E-state index contributed by atoms with van der Waals surface area (Å²) in [5.41, 5.74) is 2.27. The summed E-state index contributed by atoms with van der Waals surface area (Å²) in [6, 6.07) is 6.47. The number of ether oxygens (including phenoxy) is 1. The number of ketones is 1. The number of hydrogen-bond donors (Lipinski definition) is 1. The number of carbonyl (C=O) groups excluding carboxylic acids is 1. The van der Waals surface area contributed by atoms with E-state index in [0.717, 1.165) is 16.7 Å². The van der Waals surface area contributed by atoms with E-state index in [0.29, 0.717) is 21.7 Å². The summed E-state index contributed by atoms with van der Waals surface area (Å²) in [6.07, 6.45) is 0. The van der Waals surface area contributed by atoms with E-state index in [1.807, 2.05) is 26.8 Å². The van der Waals surface area contributed by atoms with Crippen LogP contribution in [-0.2, 0) is 9.53 Å². The maximum atomic E-state index is 14.7. The van der Waals surface area contributed by atoms with Gasteiger partial charge in [-0.15, -0.1) is 0 Å². The minimum Gasteiger partial charge on any atom is -0.508 e. The van der Waals surface area contributed by atoms with E-state index in [2.05, 4.69) is 0 Å². The van der Waals surface area contributed by atoms with Gasteiger partial charge < -0.3 is 9.84 Å². The van der Waals surface area contributed by atoms with Crippen molar-refractivity contribution in [1.82, 2.24) is 0 Å². The van der Waals surface area contributed by atoms with Crippen molar-refractivity contribution in [2.24, 2.45) is 0 Å². The lowest BCUT2D eigenvalue weighted by Gasteiger charge is -2.41. The summed E-state index contributed by atoms with van der Waals surface area (Å²) in [4.78, 5) is 13.3. The molecule has 0 spiro atoms. The summed E-state index contributed by atoms with van der Waals surface area (Å²) in [5, 5.41) is 11.3. The molecule has 2 aromatic carbocycles. The van der Waals surface area contributed by atoms with Gasteiger partial charge >= 0.3 is 0 Å². The summed E-state index contributed by atoms with van der Waals surface area (Å²) in [6.45, 7) is 12.5. The van der Waals surface area contributed by atoms with Crippen LogP contribution in [0.2, 0.25) is 5.02 Å². The summed E-state index contributed by atoms with van der Waals surface area (Å²) < 4.78 is 20.6. The molecule has 2 aromatic rings. The van der Waals surface area contributed by atoms with Crippen LogP contribution in [0.5, 0.6) is 0 Å². The average molecular weight is 417 g/mol. The Bertz CT molecular complexity index is 1060. The van der Waals surface area contributed by atoms with Crippen LogP contribution in [0.1, 0.15) is 49.9 Å². The third-order valence-electron chi connectivity index (χ3n) is 5.51. The van der Waals surface area contributed by atoms with Gasteiger partial charge in [0.1, 0.15) is 22.8 Å². The first-order chi connectivity index (χ1) is 13.3. The molecule has 0 unspecified atom stereocenters. The van der Waals surface area contributed by atoms with Crippen LogP contribution >= 0.6 is 11.6 Å². The molecule has 3 rings (SSSR count). The molecule has 0 atom stereocenters. The molecule has 0 fully saturated rings. The van der Waals surface area contributed by atoms with Crippen molar-refractivity contribution in [3.05, 3.63) is 63.1 Å². The second-order valence-corrected chi connectivity index (χ2v) is 9.12. The number of aliphatic hydroxyl groups is 1. The molecular weight excluding hydrogens is 391 g/mol. The van der Waals surface area contributed by atoms with Gasteiger partial charge in [0.05, 0.1) is 5.57 Å². The van der Waals surface area contributed by atoms with Gasteiger partial charge in [0.2, 0.25) is 0 Å². The van der Waals surface area contributed by atoms with Crippen molar-refractivity contribution >= 4 is 23.0 Å². The summed E-state index contributed by atoms with van der Waals surface area (Å²) >= 11 is 5.92. The highest BCUT2D eigenvalue weighted by Crippen LogP contribution is 2.44. The van der Waals surface area contributed by atoms with Crippen LogP contribution in [0.25, 0.3) is 16.7 Å². The third-order valence-corrected chi connectivity index (χ3v) is 5.75. The molecule has 0 saturated heterocycles. The molecular formula is C24H26ClFO3. The number of benzene rings is 2. The Hall–Kier alpha value is -2.17. The lowest BCUT2D eigenvalue weighted by atomic mass is 9.78. The number of halogens is 2. The Morgan fingerprint density at radius 1 is 0.966 bits per heavy atom. The van der Waals surface area contributed by atoms with Crippen LogP contribution in [0.4, 0.5) is 4.39 Å². The van der Waals surface area contributed by atoms with Gasteiger partial charge in [-0.1, -0.05) is 17.7 Å². The molecule has 29 heavy (non-hydrogen) atoms. The second-order valence-electron chi connectivity index (χ2n) is 8.68. The van der Waals surface area contributed by atoms with Crippen molar-refractivity contribution in [3.8, 4) is 11.1 Å². The van der Waals surface area contributed by atoms with Gasteiger partial charge in [-0.3, -0.25) is 4.79 Å². The molecule has 1 aliphatic heterocycles. The Balaban J connectivity index is 2.38. The van der Waals surface area contributed by atoms with Crippen molar-refractivity contribution in [2.75, 3.05) is 0 Å². The fourth-order valence-electron chi connectivity index (χ4n) is 4.35. The van der Waals surface area contributed by atoms with Crippen LogP contribution in [0.15, 0.2) is 30.0 Å². The predicted octanol–water partition coefficient (Wildman–Crippen LogP) is 6.50. The van der Waals surface area contributed by atoms with Gasteiger partial charge in [0.25, 0.3) is 0 Å². The van der Waals surface area contributed by atoms with Gasteiger partial charge in [-0.05, 0) is 94.5 Å². The Labute approximate surface area is 176 Å². The number of hydrogen-bond acceptors (Lipinski definition) is 3. The molecule has 0 radical (unpaired) electrons. The molecule has 0 aliphatic carbocycles. The third kappa shape index (κ3) is 3.49. The van der Waals surface area contributed by atoms with Crippen molar-refractivity contribution in [2.45, 2.75) is 59.7 Å². The Morgan fingerprint density at radius 2 is 1.55 bits per heavy atom. The molecule has 1 heterocycles. The number of aryl methyl sites for hydroxylation is 2. The highest BCUT2D eigenvalue weighted by Gasteiger charge is 2.47. The van der Waals surface area contributed by atoms with Gasteiger partial charge in [0.15, 0.2) is 5.78 Å². The quantitative estimate of drug-likeness (QED) is 0.608. The maximum absolute atomic E-state index is 14.7. The van der Waals surface area contributed by atoms with E-state index < -0.39 is 17.0 Å². The monoisotopic (exact) mass is 416 g/mol. The van der Waals surface area contributed by atoms with Crippen LogP contribution < -0.4 is 0 Å². The van der Waals surface area contributed by atoms with Crippen molar-refractivity contribution < 1.29 is 19.0 Å². The van der Waals surface area contributed by atoms with Gasteiger partial charge in [-0.25, -0.2) is 4.39 Å². The average Bonchev–Trinajstić information content (AvgIpc) is 2.57. The van der Waals surface area contributed by atoms with E-state index in [1.165, 1.54) is 6.07 Å². The first-order valence-electron chi connectivity index (χ1n) is 9.53. The van der Waals surface area contributed by atoms with E-state index in [9.17, 15) is 14.3 Å². The lowest BCUT2D eigenvalue weighted by Crippen LogP contribution is -2.49. The smallest absolute Gasteiger partial charge is 0.198 e. The number of carbonyl (C=O) groups is 1. The molecule has 1 aliphatic rings. The van der Waals surface area contributed by atoms with Crippen molar-refractivity contribution in [1.29, 1.82) is 0 Å². The van der Waals surface area contributed by atoms with E-state index >= 15 is 0 Å². The van der Waals surface area contributed by atoms with Crippen LogP contribution in [0.3, 0.4) is 0 Å². The molecule has 0 aromatic heterocycles. The highest BCUT2D eigenvalue weighted by atomic mass is 35.5. The summed E-state index contributed by atoms with van der Waals surface area (Å²) in [7, 11) is 0. The zero-order valence-electron chi connectivity index (χ0n) is 17.8. The normalized spacial score (nSPS) is 18.3. The van der Waals surface area contributed by atoms with E-state index in [1.54, 1.807) is 39.8 Å². The molecule has 3 nitrogen and oxygen atoms in total. The van der Waals surface area contributed by atoms with E-state index in [-0.39, 0.29) is 17.1 Å². The number of Topliss-reactive ketones (excluding diaryl/α,β-unsaturated/α-hetero) is 1. The highest BCUT2D eigenvalue weighted by molar-refractivity contribution is 6.30. The van der Waals surface area contributed by atoms with Crippen molar-refractivity contribution in [3.63, 3.8) is 0 Å². The first-order valence-corrected chi connectivity index (χ1v) is 9.91. The zero-order valence-corrected chi connectivity index (χ0v) is 18.6. The minimum absolute atomic E-state index is 0.112. The minimum atomic E-state index is -1.10. The second kappa shape index (κ2) is 6.96. The van der Waals surface area contributed by atoms with Gasteiger partial charge in [0, 0.05) is 10.6 Å².